The third kappa shape index (κ3) is 4.35. The van der Waals surface area contributed by atoms with Crippen LogP contribution in [0.15, 0.2) is 53.4 Å². The van der Waals surface area contributed by atoms with Crippen molar-refractivity contribution in [2.45, 2.75) is 11.4 Å². The van der Waals surface area contributed by atoms with Gasteiger partial charge >= 0.3 is 0 Å². The molecule has 0 unspecified atom stereocenters. The zero-order chi connectivity index (χ0) is 20.1. The van der Waals surface area contributed by atoms with Gasteiger partial charge in [0.2, 0.25) is 10.0 Å². The van der Waals surface area contributed by atoms with Crippen molar-refractivity contribution in [1.29, 1.82) is 0 Å². The van der Waals surface area contributed by atoms with Gasteiger partial charge in [-0.05, 0) is 35.9 Å². The molecule has 1 aliphatic rings. The Morgan fingerprint density at radius 2 is 1.75 bits per heavy atom. The van der Waals surface area contributed by atoms with E-state index in [1.54, 1.807) is 7.05 Å². The van der Waals surface area contributed by atoms with Crippen LogP contribution in [0, 0.1) is 0 Å². The first-order chi connectivity index (χ1) is 13.4. The minimum atomic E-state index is -3.68. The quantitative estimate of drug-likeness (QED) is 0.794. The molecule has 28 heavy (non-hydrogen) atoms. The van der Waals surface area contributed by atoms with Crippen molar-refractivity contribution >= 4 is 21.6 Å². The fourth-order valence-electron chi connectivity index (χ4n) is 3.18. The van der Waals surface area contributed by atoms with Crippen LogP contribution in [-0.2, 0) is 21.3 Å². The summed E-state index contributed by atoms with van der Waals surface area (Å²) in [6, 6.07) is 13.8. The number of ether oxygens (including phenoxy) is 1. The first kappa shape index (κ1) is 20.3. The average Bonchev–Trinajstić information content (AvgIpc) is 2.74. The third-order valence-corrected chi connectivity index (χ3v) is 6.61. The molecule has 0 aliphatic carbocycles. The molecule has 0 aromatic heterocycles. The second-order valence-corrected chi connectivity index (χ2v) is 8.64. The molecule has 0 saturated carbocycles. The smallest absolute Gasteiger partial charge is 0.251 e. The summed E-state index contributed by atoms with van der Waals surface area (Å²) in [5.74, 6) is -0.253. The first-order valence-corrected chi connectivity index (χ1v) is 10.6. The minimum absolute atomic E-state index is 0.159. The third-order valence-electron chi connectivity index (χ3n) is 4.79. The van der Waals surface area contributed by atoms with Gasteiger partial charge in [0.1, 0.15) is 0 Å². The van der Waals surface area contributed by atoms with Crippen LogP contribution in [0.4, 0.5) is 5.69 Å². The Balaban J connectivity index is 1.80. The summed E-state index contributed by atoms with van der Waals surface area (Å²) in [4.78, 5) is 14.0. The SMILES string of the molecule is CNC(=O)c1ccc(S(=O)(=O)N(C)Cc2ccccc2N2CCOCC2)cc1. The Morgan fingerprint density at radius 3 is 2.39 bits per heavy atom. The van der Waals surface area contributed by atoms with Gasteiger partial charge in [-0.3, -0.25) is 4.79 Å². The summed E-state index contributed by atoms with van der Waals surface area (Å²) in [7, 11) is -0.573. The molecule has 0 radical (unpaired) electrons. The molecule has 1 amide bonds. The summed E-state index contributed by atoms with van der Waals surface area (Å²) in [5, 5.41) is 2.52. The van der Waals surface area contributed by atoms with Crippen LogP contribution in [0.2, 0.25) is 0 Å². The zero-order valence-electron chi connectivity index (χ0n) is 16.1. The van der Waals surface area contributed by atoms with Crippen molar-refractivity contribution < 1.29 is 17.9 Å². The number of nitrogens with one attached hydrogen (secondary N) is 1. The number of hydrogen-bond donors (Lipinski definition) is 1. The highest BCUT2D eigenvalue weighted by molar-refractivity contribution is 7.89. The van der Waals surface area contributed by atoms with Gasteiger partial charge in [-0.15, -0.1) is 0 Å². The molecule has 1 saturated heterocycles. The molecule has 1 fully saturated rings. The van der Waals surface area contributed by atoms with Gasteiger partial charge < -0.3 is 15.0 Å². The van der Waals surface area contributed by atoms with E-state index in [1.165, 1.54) is 35.6 Å². The molecule has 8 heteroatoms. The van der Waals surface area contributed by atoms with Gasteiger partial charge in [0.05, 0.1) is 18.1 Å². The van der Waals surface area contributed by atoms with Gasteiger partial charge in [0, 0.05) is 45.0 Å². The Labute approximate surface area is 166 Å². The Kier molecular flexibility index (Phi) is 6.33. The molecule has 0 atom stereocenters. The largest absolute Gasteiger partial charge is 0.378 e. The van der Waals surface area contributed by atoms with Crippen molar-refractivity contribution in [2.24, 2.45) is 0 Å². The molecular formula is C20H25N3O4S. The Hall–Kier alpha value is -2.42. The van der Waals surface area contributed by atoms with Gasteiger partial charge in [-0.2, -0.15) is 4.31 Å². The van der Waals surface area contributed by atoms with E-state index >= 15 is 0 Å². The maximum atomic E-state index is 13.0. The number of anilines is 1. The highest BCUT2D eigenvalue weighted by atomic mass is 32.2. The van der Waals surface area contributed by atoms with Gasteiger partial charge in [-0.25, -0.2) is 8.42 Å². The lowest BCUT2D eigenvalue weighted by Gasteiger charge is -2.31. The summed E-state index contributed by atoms with van der Waals surface area (Å²) < 4.78 is 32.7. The second kappa shape index (κ2) is 8.72. The van der Waals surface area contributed by atoms with Gasteiger partial charge in [0.25, 0.3) is 5.91 Å². The number of benzene rings is 2. The average molecular weight is 404 g/mol. The number of carbonyl (C=O) groups excluding carboxylic acids is 1. The van der Waals surface area contributed by atoms with Crippen LogP contribution in [0.25, 0.3) is 0 Å². The molecule has 1 aliphatic heterocycles. The fraction of sp³-hybridized carbons (Fsp3) is 0.350. The number of sulfonamides is 1. The monoisotopic (exact) mass is 403 g/mol. The van der Waals surface area contributed by atoms with Gasteiger partial charge in [-0.1, -0.05) is 18.2 Å². The Morgan fingerprint density at radius 1 is 1.11 bits per heavy atom. The summed E-state index contributed by atoms with van der Waals surface area (Å²) >= 11 is 0. The van der Waals surface area contributed by atoms with Crippen LogP contribution < -0.4 is 10.2 Å². The standard InChI is InChI=1S/C20H25N3O4S/c1-21-20(24)16-7-9-18(10-8-16)28(25,26)22(2)15-17-5-3-4-6-19(17)23-11-13-27-14-12-23/h3-10H,11-15H2,1-2H3,(H,21,24). The number of rotatable bonds is 6. The van der Waals surface area contributed by atoms with E-state index in [0.29, 0.717) is 18.8 Å². The summed E-state index contributed by atoms with van der Waals surface area (Å²) in [5.41, 5.74) is 2.39. The van der Waals surface area contributed by atoms with E-state index in [-0.39, 0.29) is 17.3 Å². The lowest BCUT2D eigenvalue weighted by Crippen LogP contribution is -2.37. The maximum absolute atomic E-state index is 13.0. The van der Waals surface area contributed by atoms with E-state index in [4.69, 9.17) is 4.74 Å². The van der Waals surface area contributed by atoms with Crippen molar-refractivity contribution in [3.63, 3.8) is 0 Å². The second-order valence-electron chi connectivity index (χ2n) is 6.59. The van der Waals surface area contributed by atoms with E-state index in [9.17, 15) is 13.2 Å². The minimum Gasteiger partial charge on any atom is -0.378 e. The summed E-state index contributed by atoms with van der Waals surface area (Å²) in [6.07, 6.45) is 0. The first-order valence-electron chi connectivity index (χ1n) is 9.12. The molecule has 2 aromatic carbocycles. The van der Waals surface area contributed by atoms with Crippen molar-refractivity contribution in [3.05, 3.63) is 59.7 Å². The number of nitrogens with zero attached hydrogens (tertiary/aromatic N) is 2. The molecule has 7 nitrogen and oxygen atoms in total. The van der Waals surface area contributed by atoms with E-state index in [1.807, 2.05) is 24.3 Å². The van der Waals surface area contributed by atoms with Crippen LogP contribution in [0.5, 0.6) is 0 Å². The van der Waals surface area contributed by atoms with Crippen molar-refractivity contribution in [1.82, 2.24) is 9.62 Å². The molecule has 1 heterocycles. The normalized spacial score (nSPS) is 14.9. The number of para-hydroxylation sites is 1. The van der Waals surface area contributed by atoms with Crippen molar-refractivity contribution in [3.8, 4) is 0 Å². The van der Waals surface area contributed by atoms with Crippen molar-refractivity contribution in [2.75, 3.05) is 45.3 Å². The number of amides is 1. The van der Waals surface area contributed by atoms with E-state index in [2.05, 4.69) is 10.2 Å². The van der Waals surface area contributed by atoms with Crippen LogP contribution in [0.3, 0.4) is 0 Å². The number of morpholine rings is 1. The molecule has 150 valence electrons. The molecule has 3 rings (SSSR count). The summed E-state index contributed by atoms with van der Waals surface area (Å²) in [6.45, 7) is 3.16. The van der Waals surface area contributed by atoms with Crippen LogP contribution >= 0.6 is 0 Å². The van der Waals surface area contributed by atoms with E-state index in [0.717, 1.165) is 24.3 Å². The van der Waals surface area contributed by atoms with Crippen LogP contribution in [-0.4, -0.2) is 59.0 Å². The highest BCUT2D eigenvalue weighted by Crippen LogP contribution is 2.25. The number of hydrogen-bond acceptors (Lipinski definition) is 5. The lowest BCUT2D eigenvalue weighted by atomic mass is 10.1. The fourth-order valence-corrected chi connectivity index (χ4v) is 4.33. The molecule has 2 aromatic rings. The predicted octanol–water partition coefficient (Wildman–Crippen LogP) is 1.70. The topological polar surface area (TPSA) is 79.0 Å². The predicted molar refractivity (Wildman–Crippen MR) is 108 cm³/mol. The Bertz CT molecular complexity index is 923. The number of carbonyl (C=O) groups is 1. The zero-order valence-corrected chi connectivity index (χ0v) is 16.9. The molecule has 0 bridgehead atoms. The molecule has 1 N–H and O–H groups in total. The molecular weight excluding hydrogens is 378 g/mol. The maximum Gasteiger partial charge on any atom is 0.251 e. The lowest BCUT2D eigenvalue weighted by molar-refractivity contribution is 0.0963. The highest BCUT2D eigenvalue weighted by Gasteiger charge is 2.23. The van der Waals surface area contributed by atoms with E-state index < -0.39 is 10.0 Å². The van der Waals surface area contributed by atoms with Crippen LogP contribution in [0.1, 0.15) is 15.9 Å². The molecule has 0 spiro atoms. The van der Waals surface area contributed by atoms with Gasteiger partial charge in [0.15, 0.2) is 0 Å².